The van der Waals surface area contributed by atoms with Gasteiger partial charge >= 0.3 is 5.97 Å². The van der Waals surface area contributed by atoms with Gasteiger partial charge < -0.3 is 10.4 Å². The fraction of sp³-hybridized carbons (Fsp3) is 0.846. The van der Waals surface area contributed by atoms with Gasteiger partial charge in [0.1, 0.15) is 6.04 Å². The van der Waals surface area contributed by atoms with Crippen LogP contribution in [0.1, 0.15) is 40.5 Å². The summed E-state index contributed by atoms with van der Waals surface area (Å²) in [6.07, 6.45) is 1.55. The Labute approximate surface area is 114 Å². The van der Waals surface area contributed by atoms with E-state index < -0.39 is 12.0 Å². The van der Waals surface area contributed by atoms with Gasteiger partial charge in [-0.25, -0.2) is 4.79 Å². The van der Waals surface area contributed by atoms with Gasteiger partial charge in [-0.1, -0.05) is 27.7 Å². The van der Waals surface area contributed by atoms with Gasteiger partial charge in [0, 0.05) is 0 Å². The third-order valence-corrected chi connectivity index (χ3v) is 3.40. The molecule has 18 heavy (non-hydrogen) atoms. The lowest BCUT2D eigenvalue weighted by Gasteiger charge is -2.16. The highest BCUT2D eigenvalue weighted by molar-refractivity contribution is 7.99. The summed E-state index contributed by atoms with van der Waals surface area (Å²) in [7, 11) is 0. The van der Waals surface area contributed by atoms with E-state index in [0.717, 1.165) is 12.2 Å². The highest BCUT2D eigenvalue weighted by Gasteiger charge is 2.20. The number of thioether (sulfide) groups is 1. The maximum atomic E-state index is 11.6. The lowest BCUT2D eigenvalue weighted by molar-refractivity contribution is -0.141. The number of rotatable bonds is 9. The first kappa shape index (κ1) is 17.3. The summed E-state index contributed by atoms with van der Waals surface area (Å²) in [4.78, 5) is 22.6. The van der Waals surface area contributed by atoms with Crippen molar-refractivity contribution in [3.05, 3.63) is 0 Å². The topological polar surface area (TPSA) is 66.4 Å². The molecule has 0 spiro atoms. The van der Waals surface area contributed by atoms with E-state index in [1.54, 1.807) is 11.8 Å². The number of hydrogen-bond donors (Lipinski definition) is 2. The van der Waals surface area contributed by atoms with E-state index in [9.17, 15) is 9.59 Å². The zero-order valence-electron chi connectivity index (χ0n) is 11.7. The molecule has 106 valence electrons. The third kappa shape index (κ3) is 9.33. The first-order valence-corrected chi connectivity index (χ1v) is 7.58. The van der Waals surface area contributed by atoms with Crippen LogP contribution in [-0.2, 0) is 9.59 Å². The van der Waals surface area contributed by atoms with Crippen LogP contribution in [0.4, 0.5) is 0 Å². The average Bonchev–Trinajstić information content (AvgIpc) is 2.22. The molecule has 0 aliphatic carbocycles. The number of hydrogen-bond acceptors (Lipinski definition) is 3. The smallest absolute Gasteiger partial charge is 0.326 e. The second kappa shape index (κ2) is 9.25. The van der Waals surface area contributed by atoms with E-state index in [-0.39, 0.29) is 11.8 Å². The molecule has 1 atom stereocenters. The van der Waals surface area contributed by atoms with Crippen LogP contribution in [-0.4, -0.2) is 34.5 Å². The molecule has 5 heteroatoms. The van der Waals surface area contributed by atoms with Crippen molar-refractivity contribution in [2.24, 2.45) is 11.8 Å². The lowest BCUT2D eigenvalue weighted by atomic mass is 10.0. The molecule has 0 fully saturated rings. The van der Waals surface area contributed by atoms with Gasteiger partial charge in [0.15, 0.2) is 0 Å². The molecule has 0 heterocycles. The summed E-state index contributed by atoms with van der Waals surface area (Å²) >= 11 is 1.56. The molecular weight excluding hydrogens is 250 g/mol. The maximum Gasteiger partial charge on any atom is 0.326 e. The molecule has 0 radical (unpaired) electrons. The van der Waals surface area contributed by atoms with Gasteiger partial charge in [0.25, 0.3) is 0 Å². The molecule has 0 rings (SSSR count). The number of aliphatic carboxylic acids is 1. The predicted molar refractivity (Wildman–Crippen MR) is 75.8 cm³/mol. The second-order valence-corrected chi connectivity index (χ2v) is 6.43. The molecule has 0 aromatic rings. The average molecular weight is 275 g/mol. The molecule has 0 saturated carbocycles. The summed E-state index contributed by atoms with van der Waals surface area (Å²) in [6, 6.07) is -0.761. The first-order chi connectivity index (χ1) is 8.32. The molecule has 0 bridgehead atoms. The van der Waals surface area contributed by atoms with Crippen molar-refractivity contribution in [1.82, 2.24) is 5.32 Å². The van der Waals surface area contributed by atoms with Crippen LogP contribution < -0.4 is 5.32 Å². The normalized spacial score (nSPS) is 12.8. The first-order valence-electron chi connectivity index (χ1n) is 6.42. The van der Waals surface area contributed by atoms with Gasteiger partial charge in [-0.05, 0) is 30.4 Å². The van der Waals surface area contributed by atoms with Crippen molar-refractivity contribution in [2.45, 2.75) is 46.6 Å². The number of carbonyl (C=O) groups excluding carboxylic acids is 1. The van der Waals surface area contributed by atoms with Gasteiger partial charge in [-0.15, -0.1) is 0 Å². The van der Waals surface area contributed by atoms with E-state index in [0.29, 0.717) is 18.1 Å². The third-order valence-electron chi connectivity index (χ3n) is 2.41. The van der Waals surface area contributed by atoms with E-state index in [1.165, 1.54) is 0 Å². The van der Waals surface area contributed by atoms with Gasteiger partial charge in [-0.3, -0.25) is 4.79 Å². The summed E-state index contributed by atoms with van der Waals surface area (Å²) in [5, 5.41) is 11.6. The fourth-order valence-corrected chi connectivity index (χ4v) is 2.46. The van der Waals surface area contributed by atoms with E-state index >= 15 is 0 Å². The predicted octanol–water partition coefficient (Wildman–Crippen LogP) is 2.38. The Morgan fingerprint density at radius 3 is 2.22 bits per heavy atom. The minimum Gasteiger partial charge on any atom is -0.480 e. The van der Waals surface area contributed by atoms with E-state index in [2.05, 4.69) is 19.2 Å². The monoisotopic (exact) mass is 275 g/mol. The SMILES string of the molecule is CC(C)CCSCC(=O)NC(CC(C)C)C(=O)O. The van der Waals surface area contributed by atoms with Crippen molar-refractivity contribution in [3.63, 3.8) is 0 Å². The Bertz CT molecular complexity index is 267. The quantitative estimate of drug-likeness (QED) is 0.634. The molecule has 0 aromatic carbocycles. The summed E-state index contributed by atoms with van der Waals surface area (Å²) < 4.78 is 0. The Morgan fingerprint density at radius 2 is 1.78 bits per heavy atom. The van der Waals surface area contributed by atoms with Crippen LogP contribution in [0.15, 0.2) is 0 Å². The zero-order valence-corrected chi connectivity index (χ0v) is 12.5. The molecule has 0 saturated heterocycles. The van der Waals surface area contributed by atoms with Crippen molar-refractivity contribution in [1.29, 1.82) is 0 Å². The summed E-state index contributed by atoms with van der Waals surface area (Å²) in [6.45, 7) is 8.17. The fourth-order valence-electron chi connectivity index (χ4n) is 1.41. The number of nitrogens with one attached hydrogen (secondary N) is 1. The standard InChI is InChI=1S/C13H25NO3S/c1-9(2)5-6-18-8-12(15)14-11(13(16)17)7-10(3)4/h9-11H,5-8H2,1-4H3,(H,14,15)(H,16,17). The van der Waals surface area contributed by atoms with Crippen LogP contribution in [0.3, 0.4) is 0 Å². The Balaban J connectivity index is 3.92. The van der Waals surface area contributed by atoms with Gasteiger partial charge in [0.2, 0.25) is 5.91 Å². The molecule has 0 aliphatic rings. The van der Waals surface area contributed by atoms with Crippen LogP contribution in [0.25, 0.3) is 0 Å². The van der Waals surface area contributed by atoms with Gasteiger partial charge in [-0.2, -0.15) is 11.8 Å². The highest BCUT2D eigenvalue weighted by atomic mass is 32.2. The Morgan fingerprint density at radius 1 is 1.17 bits per heavy atom. The molecule has 2 N–H and O–H groups in total. The molecule has 1 unspecified atom stereocenters. The highest BCUT2D eigenvalue weighted by Crippen LogP contribution is 2.09. The molecule has 0 aliphatic heterocycles. The van der Waals surface area contributed by atoms with Crippen molar-refractivity contribution in [2.75, 3.05) is 11.5 Å². The Kier molecular flexibility index (Phi) is 8.89. The second-order valence-electron chi connectivity index (χ2n) is 5.32. The molecule has 0 aromatic heterocycles. The van der Waals surface area contributed by atoms with E-state index in [1.807, 2.05) is 13.8 Å². The van der Waals surface area contributed by atoms with E-state index in [4.69, 9.17) is 5.11 Å². The minimum absolute atomic E-state index is 0.184. The summed E-state index contributed by atoms with van der Waals surface area (Å²) in [5.74, 6) is 1.02. The van der Waals surface area contributed by atoms with Crippen LogP contribution in [0.5, 0.6) is 0 Å². The largest absolute Gasteiger partial charge is 0.480 e. The van der Waals surface area contributed by atoms with Crippen molar-refractivity contribution in [3.8, 4) is 0 Å². The molecule has 4 nitrogen and oxygen atoms in total. The van der Waals surface area contributed by atoms with Gasteiger partial charge in [0.05, 0.1) is 5.75 Å². The molecule has 1 amide bonds. The van der Waals surface area contributed by atoms with Crippen LogP contribution >= 0.6 is 11.8 Å². The van der Waals surface area contributed by atoms with Crippen molar-refractivity contribution >= 4 is 23.6 Å². The number of amides is 1. The number of carboxylic acids is 1. The van der Waals surface area contributed by atoms with Crippen molar-refractivity contribution < 1.29 is 14.7 Å². The van der Waals surface area contributed by atoms with Crippen LogP contribution in [0.2, 0.25) is 0 Å². The Hall–Kier alpha value is -0.710. The zero-order chi connectivity index (χ0) is 14.1. The van der Waals surface area contributed by atoms with Crippen LogP contribution in [0, 0.1) is 11.8 Å². The number of carboxylic acid groups (broad SMARTS) is 1. The minimum atomic E-state index is -0.954. The number of carbonyl (C=O) groups is 2. The molecular formula is C13H25NO3S. The summed E-state index contributed by atoms with van der Waals surface area (Å²) in [5.41, 5.74) is 0. The maximum absolute atomic E-state index is 11.6. The lowest BCUT2D eigenvalue weighted by Crippen LogP contribution is -2.42.